The van der Waals surface area contributed by atoms with Gasteiger partial charge in [0.25, 0.3) is 0 Å². The summed E-state index contributed by atoms with van der Waals surface area (Å²) < 4.78 is 21.2. The Morgan fingerprint density at radius 2 is 1.97 bits per heavy atom. The van der Waals surface area contributed by atoms with Crippen LogP contribution in [0.5, 0.6) is 0 Å². The van der Waals surface area contributed by atoms with Crippen LogP contribution in [-0.4, -0.2) is 10.5 Å². The lowest BCUT2D eigenvalue weighted by atomic mass is 10.1. The number of fused-ring (bicyclic) bond motifs is 1. The van der Waals surface area contributed by atoms with Gasteiger partial charge in [-0.2, -0.15) is 0 Å². The maximum absolute atomic E-state index is 13.6. The molecule has 2 aromatic heterocycles. The molecule has 4 nitrogen and oxygen atoms in total. The predicted molar refractivity (Wildman–Crippen MR) is 116 cm³/mol. The molecule has 4 aromatic rings. The topological polar surface area (TPSA) is 47.2 Å². The third-order valence-electron chi connectivity index (χ3n) is 5.22. The average molecular weight is 404 g/mol. The zero-order valence-electron chi connectivity index (χ0n) is 17.0. The number of nitrogens with zero attached hydrogens (tertiary/aromatic N) is 1. The molecular weight excluding hydrogens is 379 g/mol. The van der Waals surface area contributed by atoms with Crippen molar-refractivity contribution >= 4 is 16.8 Å². The number of hydrogen-bond donors (Lipinski definition) is 1. The molecule has 30 heavy (non-hydrogen) atoms. The van der Waals surface area contributed by atoms with Crippen LogP contribution in [0.1, 0.15) is 35.5 Å². The number of rotatable bonds is 8. The second-order valence-electron chi connectivity index (χ2n) is 7.57. The van der Waals surface area contributed by atoms with E-state index in [2.05, 4.69) is 28.2 Å². The number of nitrogens with one attached hydrogen (secondary N) is 1. The van der Waals surface area contributed by atoms with Crippen LogP contribution in [0, 0.1) is 12.7 Å². The lowest BCUT2D eigenvalue weighted by Crippen LogP contribution is -2.22. The van der Waals surface area contributed by atoms with E-state index in [1.54, 1.807) is 12.1 Å². The summed E-state index contributed by atoms with van der Waals surface area (Å²) in [6, 6.07) is 18.7. The molecule has 0 aliphatic carbocycles. The maximum Gasteiger partial charge on any atom is 0.220 e. The largest absolute Gasteiger partial charge is 0.465 e. The maximum atomic E-state index is 13.6. The van der Waals surface area contributed by atoms with Gasteiger partial charge in [-0.05, 0) is 61.2 Å². The van der Waals surface area contributed by atoms with Crippen molar-refractivity contribution in [3.63, 3.8) is 0 Å². The Bertz CT molecular complexity index is 1160. The van der Waals surface area contributed by atoms with Crippen molar-refractivity contribution in [1.29, 1.82) is 0 Å². The molecule has 0 atom stereocenters. The number of aromatic nitrogens is 1. The molecule has 0 radical (unpaired) electrons. The van der Waals surface area contributed by atoms with E-state index in [9.17, 15) is 9.18 Å². The first kappa shape index (κ1) is 20.0. The Labute approximate surface area is 175 Å². The van der Waals surface area contributed by atoms with Crippen molar-refractivity contribution in [2.45, 2.75) is 39.3 Å². The molecule has 0 fully saturated rings. The van der Waals surface area contributed by atoms with Crippen LogP contribution in [0.3, 0.4) is 0 Å². The second kappa shape index (κ2) is 8.99. The summed E-state index contributed by atoms with van der Waals surface area (Å²) in [5, 5.41) is 4.09. The third-order valence-corrected chi connectivity index (χ3v) is 5.22. The summed E-state index contributed by atoms with van der Waals surface area (Å²) in [4.78, 5) is 12.2. The first-order valence-electron chi connectivity index (χ1n) is 10.2. The number of furan rings is 1. The van der Waals surface area contributed by atoms with Crippen molar-refractivity contribution in [1.82, 2.24) is 9.88 Å². The van der Waals surface area contributed by atoms with E-state index in [1.807, 2.05) is 37.3 Å². The van der Waals surface area contributed by atoms with Gasteiger partial charge in [0.15, 0.2) is 0 Å². The fourth-order valence-corrected chi connectivity index (χ4v) is 3.78. The van der Waals surface area contributed by atoms with Gasteiger partial charge < -0.3 is 14.3 Å². The molecule has 0 unspecified atom stereocenters. The lowest BCUT2D eigenvalue weighted by molar-refractivity contribution is -0.121. The summed E-state index contributed by atoms with van der Waals surface area (Å²) >= 11 is 0. The number of carbonyl (C=O) groups excluding carboxylic acids is 1. The van der Waals surface area contributed by atoms with E-state index < -0.39 is 0 Å². The zero-order chi connectivity index (χ0) is 20.9. The monoisotopic (exact) mass is 404 g/mol. The minimum atomic E-state index is -0.222. The SMILES string of the molecule is Cc1ccc(CNC(=O)CCCc2cn(Cc3cccc(F)c3)c3ccccc23)o1. The fourth-order valence-electron chi connectivity index (χ4n) is 3.78. The predicted octanol–water partition coefficient (Wildman–Crippen LogP) is 5.37. The first-order chi connectivity index (χ1) is 14.6. The Kier molecular flexibility index (Phi) is 5.98. The van der Waals surface area contributed by atoms with Gasteiger partial charge in [0.05, 0.1) is 6.54 Å². The average Bonchev–Trinajstić information content (AvgIpc) is 3.30. The van der Waals surface area contributed by atoms with Gasteiger partial charge in [-0.15, -0.1) is 0 Å². The van der Waals surface area contributed by atoms with E-state index in [1.165, 1.54) is 17.0 Å². The molecule has 1 N–H and O–H groups in total. The molecule has 154 valence electrons. The molecule has 5 heteroatoms. The van der Waals surface area contributed by atoms with Crippen LogP contribution in [0.25, 0.3) is 10.9 Å². The van der Waals surface area contributed by atoms with Crippen LogP contribution < -0.4 is 5.32 Å². The first-order valence-corrected chi connectivity index (χ1v) is 10.2. The Morgan fingerprint density at radius 3 is 2.77 bits per heavy atom. The standard InChI is InChI=1S/C25H25FN2O2/c1-18-12-13-22(30-18)15-27-25(29)11-5-7-20-17-28(24-10-3-2-9-23(20)24)16-19-6-4-8-21(26)14-19/h2-4,6,8-10,12-14,17H,5,7,11,15-16H2,1H3,(H,27,29). The minimum absolute atomic E-state index is 0.0209. The molecule has 2 heterocycles. The van der Waals surface area contributed by atoms with E-state index in [-0.39, 0.29) is 11.7 Å². The summed E-state index contributed by atoms with van der Waals surface area (Å²) in [5.41, 5.74) is 3.25. The van der Waals surface area contributed by atoms with Gasteiger partial charge in [-0.1, -0.05) is 30.3 Å². The third kappa shape index (κ3) is 4.79. The van der Waals surface area contributed by atoms with E-state index in [0.717, 1.165) is 35.4 Å². The minimum Gasteiger partial charge on any atom is -0.465 e. The van der Waals surface area contributed by atoms with Gasteiger partial charge in [0.1, 0.15) is 17.3 Å². The van der Waals surface area contributed by atoms with Gasteiger partial charge in [-0.25, -0.2) is 4.39 Å². The van der Waals surface area contributed by atoms with Crippen molar-refractivity contribution in [2.75, 3.05) is 0 Å². The number of halogens is 1. The van der Waals surface area contributed by atoms with Gasteiger partial charge in [0, 0.05) is 30.1 Å². The Morgan fingerprint density at radius 1 is 1.10 bits per heavy atom. The number of benzene rings is 2. The number of hydrogen-bond acceptors (Lipinski definition) is 2. The summed E-state index contributed by atoms with van der Waals surface area (Å²) in [6.07, 6.45) is 4.16. The van der Waals surface area contributed by atoms with E-state index in [4.69, 9.17) is 4.42 Å². The van der Waals surface area contributed by atoms with Crippen LogP contribution >= 0.6 is 0 Å². The molecular formula is C25H25FN2O2. The molecule has 0 aliphatic rings. The highest BCUT2D eigenvalue weighted by atomic mass is 19.1. The van der Waals surface area contributed by atoms with Crippen molar-refractivity contribution in [3.8, 4) is 0 Å². The fraction of sp³-hybridized carbons (Fsp3) is 0.240. The lowest BCUT2D eigenvalue weighted by Gasteiger charge is -2.05. The highest BCUT2D eigenvalue weighted by Crippen LogP contribution is 2.24. The van der Waals surface area contributed by atoms with Crippen LogP contribution in [0.4, 0.5) is 4.39 Å². The number of amides is 1. The summed E-state index contributed by atoms with van der Waals surface area (Å²) in [5.74, 6) is 1.41. The smallest absolute Gasteiger partial charge is 0.220 e. The van der Waals surface area contributed by atoms with Crippen LogP contribution in [0.2, 0.25) is 0 Å². The van der Waals surface area contributed by atoms with Crippen molar-refractivity contribution in [3.05, 3.63) is 95.3 Å². The van der Waals surface area contributed by atoms with Gasteiger partial charge in [0.2, 0.25) is 5.91 Å². The molecule has 0 bridgehead atoms. The summed E-state index contributed by atoms with van der Waals surface area (Å²) in [7, 11) is 0. The molecule has 4 rings (SSSR count). The summed E-state index contributed by atoms with van der Waals surface area (Å²) in [6.45, 7) is 2.91. The Balaban J connectivity index is 1.38. The van der Waals surface area contributed by atoms with Crippen LogP contribution in [0.15, 0.2) is 71.3 Å². The normalized spacial score (nSPS) is 11.1. The van der Waals surface area contributed by atoms with Crippen LogP contribution in [-0.2, 0) is 24.3 Å². The molecule has 0 saturated heterocycles. The van der Waals surface area contributed by atoms with Gasteiger partial charge in [-0.3, -0.25) is 4.79 Å². The second-order valence-corrected chi connectivity index (χ2v) is 7.57. The highest BCUT2D eigenvalue weighted by molar-refractivity contribution is 5.84. The van der Waals surface area contributed by atoms with Crippen molar-refractivity contribution in [2.24, 2.45) is 0 Å². The molecule has 0 spiro atoms. The highest BCUT2D eigenvalue weighted by Gasteiger charge is 2.10. The number of carbonyl (C=O) groups is 1. The number of aryl methyl sites for hydroxylation is 2. The Hall–Kier alpha value is -3.34. The van der Waals surface area contributed by atoms with E-state index >= 15 is 0 Å². The molecule has 0 saturated carbocycles. The molecule has 2 aromatic carbocycles. The molecule has 0 aliphatic heterocycles. The zero-order valence-corrected chi connectivity index (χ0v) is 17.0. The quantitative estimate of drug-likeness (QED) is 0.429. The van der Waals surface area contributed by atoms with E-state index in [0.29, 0.717) is 19.5 Å². The van der Waals surface area contributed by atoms with Crippen molar-refractivity contribution < 1.29 is 13.6 Å². The van der Waals surface area contributed by atoms with Gasteiger partial charge >= 0.3 is 0 Å². The number of para-hydroxylation sites is 1. The molecule has 1 amide bonds.